The van der Waals surface area contributed by atoms with Gasteiger partial charge in [-0.25, -0.2) is 4.79 Å². The number of urea groups is 1. The van der Waals surface area contributed by atoms with Gasteiger partial charge < -0.3 is 19.7 Å². The number of amides is 2. The second kappa shape index (κ2) is 6.43. The maximum absolute atomic E-state index is 12.4. The molecule has 5 heteroatoms. The van der Waals surface area contributed by atoms with Gasteiger partial charge in [0.1, 0.15) is 0 Å². The van der Waals surface area contributed by atoms with Crippen molar-refractivity contribution in [1.29, 1.82) is 0 Å². The first-order valence-corrected chi connectivity index (χ1v) is 8.28. The number of hydrogen-bond acceptors (Lipinski definition) is 3. The van der Waals surface area contributed by atoms with E-state index >= 15 is 0 Å². The highest BCUT2D eigenvalue weighted by Gasteiger charge is 2.20. The van der Waals surface area contributed by atoms with E-state index in [9.17, 15) is 4.79 Å². The second-order valence-corrected chi connectivity index (χ2v) is 6.11. The van der Waals surface area contributed by atoms with Crippen LogP contribution in [0.5, 0.6) is 11.5 Å². The molecule has 0 saturated carbocycles. The van der Waals surface area contributed by atoms with E-state index in [4.69, 9.17) is 9.47 Å². The van der Waals surface area contributed by atoms with Crippen molar-refractivity contribution in [2.75, 3.05) is 19.9 Å². The van der Waals surface area contributed by atoms with Crippen molar-refractivity contribution in [1.82, 2.24) is 10.2 Å². The molecule has 0 spiro atoms. The zero-order valence-corrected chi connectivity index (χ0v) is 13.5. The molecule has 2 aromatic carbocycles. The number of nitrogens with zero attached hydrogens (tertiary/aromatic N) is 1. The number of hydrogen-bond donors (Lipinski definition) is 1. The Hall–Kier alpha value is -2.69. The third-order valence-electron chi connectivity index (χ3n) is 4.54. The van der Waals surface area contributed by atoms with E-state index in [0.717, 1.165) is 36.4 Å². The van der Waals surface area contributed by atoms with Gasteiger partial charge in [-0.15, -0.1) is 0 Å². The molecule has 2 aromatic rings. The summed E-state index contributed by atoms with van der Waals surface area (Å²) in [5.41, 5.74) is 3.72. The van der Waals surface area contributed by atoms with Crippen LogP contribution in [-0.2, 0) is 19.4 Å². The summed E-state index contributed by atoms with van der Waals surface area (Å²) < 4.78 is 10.7. The van der Waals surface area contributed by atoms with Crippen molar-refractivity contribution in [3.63, 3.8) is 0 Å². The van der Waals surface area contributed by atoms with Gasteiger partial charge in [0.2, 0.25) is 6.79 Å². The van der Waals surface area contributed by atoms with Gasteiger partial charge in [0.15, 0.2) is 11.5 Å². The minimum atomic E-state index is 0.00486. The van der Waals surface area contributed by atoms with E-state index in [1.807, 2.05) is 29.2 Å². The molecular formula is C19H20N2O3. The molecule has 0 unspecified atom stereocenters. The summed E-state index contributed by atoms with van der Waals surface area (Å²) in [5, 5.41) is 3.01. The molecule has 0 fully saturated rings. The van der Waals surface area contributed by atoms with Crippen LogP contribution in [0.2, 0.25) is 0 Å². The predicted octanol–water partition coefficient (Wildman–Crippen LogP) is 2.73. The molecule has 0 aliphatic carbocycles. The van der Waals surface area contributed by atoms with Crippen molar-refractivity contribution >= 4 is 6.03 Å². The average molecular weight is 324 g/mol. The molecule has 0 atom stereocenters. The normalized spacial score (nSPS) is 15.1. The average Bonchev–Trinajstić information content (AvgIpc) is 3.09. The lowest BCUT2D eigenvalue weighted by atomic mass is 10.0. The minimum absolute atomic E-state index is 0.00486. The molecule has 24 heavy (non-hydrogen) atoms. The number of carbonyl (C=O) groups is 1. The summed E-state index contributed by atoms with van der Waals surface area (Å²) in [7, 11) is 0. The van der Waals surface area contributed by atoms with Crippen LogP contribution in [0.3, 0.4) is 0 Å². The fourth-order valence-corrected chi connectivity index (χ4v) is 3.19. The van der Waals surface area contributed by atoms with Gasteiger partial charge in [-0.1, -0.05) is 30.3 Å². The Morgan fingerprint density at radius 1 is 1.08 bits per heavy atom. The predicted molar refractivity (Wildman–Crippen MR) is 90.2 cm³/mol. The maximum atomic E-state index is 12.4. The van der Waals surface area contributed by atoms with E-state index in [0.29, 0.717) is 13.1 Å². The van der Waals surface area contributed by atoms with Gasteiger partial charge in [0.25, 0.3) is 0 Å². The maximum Gasteiger partial charge on any atom is 0.317 e. The standard InChI is InChI=1S/C19H20N2O3/c22-19(21-10-8-15-3-1-2-4-16(15)12-21)20-9-7-14-5-6-17-18(11-14)24-13-23-17/h1-6,11H,7-10,12-13H2,(H,20,22). The van der Waals surface area contributed by atoms with Crippen LogP contribution in [0, 0.1) is 0 Å². The zero-order chi connectivity index (χ0) is 16.4. The lowest BCUT2D eigenvalue weighted by molar-refractivity contribution is 0.174. The lowest BCUT2D eigenvalue weighted by Crippen LogP contribution is -2.43. The Labute approximate surface area is 141 Å². The molecule has 0 aromatic heterocycles. The number of ether oxygens (including phenoxy) is 2. The van der Waals surface area contributed by atoms with Crippen molar-refractivity contribution in [2.45, 2.75) is 19.4 Å². The van der Waals surface area contributed by atoms with E-state index in [1.54, 1.807) is 0 Å². The second-order valence-electron chi connectivity index (χ2n) is 6.11. The summed E-state index contributed by atoms with van der Waals surface area (Å²) in [4.78, 5) is 14.2. The van der Waals surface area contributed by atoms with E-state index in [2.05, 4.69) is 23.5 Å². The van der Waals surface area contributed by atoms with Crippen LogP contribution in [0.25, 0.3) is 0 Å². The van der Waals surface area contributed by atoms with Gasteiger partial charge in [0, 0.05) is 19.6 Å². The topological polar surface area (TPSA) is 50.8 Å². The number of fused-ring (bicyclic) bond motifs is 2. The summed E-state index contributed by atoms with van der Waals surface area (Å²) in [6.45, 7) is 2.35. The van der Waals surface area contributed by atoms with Gasteiger partial charge >= 0.3 is 6.03 Å². The lowest BCUT2D eigenvalue weighted by Gasteiger charge is -2.29. The SMILES string of the molecule is O=C(NCCc1ccc2c(c1)OCO2)N1CCc2ccccc2C1. The molecule has 0 radical (unpaired) electrons. The minimum Gasteiger partial charge on any atom is -0.454 e. The third kappa shape index (κ3) is 3.02. The van der Waals surface area contributed by atoms with Crippen LogP contribution >= 0.6 is 0 Å². The number of rotatable bonds is 3. The number of carbonyl (C=O) groups excluding carboxylic acids is 1. The van der Waals surface area contributed by atoms with E-state index in [1.165, 1.54) is 11.1 Å². The Morgan fingerprint density at radius 3 is 2.83 bits per heavy atom. The highest BCUT2D eigenvalue weighted by atomic mass is 16.7. The van der Waals surface area contributed by atoms with Crippen LogP contribution in [0.1, 0.15) is 16.7 Å². The molecule has 0 saturated heterocycles. The third-order valence-corrected chi connectivity index (χ3v) is 4.54. The summed E-state index contributed by atoms with van der Waals surface area (Å²) >= 11 is 0. The molecule has 2 aliphatic heterocycles. The Morgan fingerprint density at radius 2 is 1.92 bits per heavy atom. The van der Waals surface area contributed by atoms with E-state index < -0.39 is 0 Å². The van der Waals surface area contributed by atoms with Gasteiger partial charge in [-0.2, -0.15) is 0 Å². The summed E-state index contributed by atoms with van der Waals surface area (Å²) in [6.07, 6.45) is 1.69. The number of benzene rings is 2. The number of nitrogens with one attached hydrogen (secondary N) is 1. The molecule has 4 rings (SSSR count). The monoisotopic (exact) mass is 324 g/mol. The fourth-order valence-electron chi connectivity index (χ4n) is 3.19. The Balaban J connectivity index is 1.30. The highest BCUT2D eigenvalue weighted by Crippen LogP contribution is 2.32. The van der Waals surface area contributed by atoms with Crippen molar-refractivity contribution in [2.24, 2.45) is 0 Å². The van der Waals surface area contributed by atoms with Crippen LogP contribution in [0.4, 0.5) is 4.79 Å². The first-order chi connectivity index (χ1) is 11.8. The molecule has 124 valence electrons. The highest BCUT2D eigenvalue weighted by molar-refractivity contribution is 5.74. The van der Waals surface area contributed by atoms with Crippen LogP contribution in [0.15, 0.2) is 42.5 Å². The first kappa shape index (κ1) is 14.9. The summed E-state index contributed by atoms with van der Waals surface area (Å²) in [6, 6.07) is 14.2. The molecule has 5 nitrogen and oxygen atoms in total. The zero-order valence-electron chi connectivity index (χ0n) is 13.5. The Bertz CT molecular complexity index is 760. The smallest absolute Gasteiger partial charge is 0.317 e. The van der Waals surface area contributed by atoms with Crippen LogP contribution < -0.4 is 14.8 Å². The quantitative estimate of drug-likeness (QED) is 0.944. The molecule has 0 bridgehead atoms. The van der Waals surface area contributed by atoms with Gasteiger partial charge in [-0.05, 0) is 41.7 Å². The Kier molecular flexibility index (Phi) is 3.99. The first-order valence-electron chi connectivity index (χ1n) is 8.28. The fraction of sp³-hybridized carbons (Fsp3) is 0.316. The molecule has 2 heterocycles. The van der Waals surface area contributed by atoms with Crippen molar-refractivity contribution in [3.05, 3.63) is 59.2 Å². The van der Waals surface area contributed by atoms with Crippen LogP contribution in [-0.4, -0.2) is 30.8 Å². The molecule has 2 aliphatic rings. The van der Waals surface area contributed by atoms with Gasteiger partial charge in [0.05, 0.1) is 0 Å². The van der Waals surface area contributed by atoms with E-state index in [-0.39, 0.29) is 12.8 Å². The molecule has 2 amide bonds. The van der Waals surface area contributed by atoms with Gasteiger partial charge in [-0.3, -0.25) is 0 Å². The molecular weight excluding hydrogens is 304 g/mol. The van der Waals surface area contributed by atoms with Crippen molar-refractivity contribution in [3.8, 4) is 11.5 Å². The van der Waals surface area contributed by atoms with Crippen molar-refractivity contribution < 1.29 is 14.3 Å². The largest absolute Gasteiger partial charge is 0.454 e. The molecule has 1 N–H and O–H groups in total. The summed E-state index contributed by atoms with van der Waals surface area (Å²) in [5.74, 6) is 1.57.